The molecule has 0 aliphatic carbocycles. The number of nitrogens with zero attached hydrogens (tertiary/aromatic N) is 6. The normalized spacial score (nSPS) is 11.1. The molecule has 26 heteroatoms. The van der Waals surface area contributed by atoms with Crippen LogP contribution in [0.25, 0.3) is 0 Å². The Bertz CT molecular complexity index is 2840. The molecule has 70 heavy (non-hydrogen) atoms. The number of aromatic nitrogens is 6. The van der Waals surface area contributed by atoms with Gasteiger partial charge < -0.3 is 48.6 Å². The van der Waals surface area contributed by atoms with Gasteiger partial charge in [-0.05, 0) is 76.9 Å². The highest BCUT2D eigenvalue weighted by molar-refractivity contribution is 8.13. The summed E-state index contributed by atoms with van der Waals surface area (Å²) in [4.78, 5) is 27.8. The molecule has 6 rings (SSSR count). The van der Waals surface area contributed by atoms with Gasteiger partial charge in [0.25, 0.3) is 9.05 Å². The number of benzene rings is 3. The molecule has 0 spiro atoms. The number of hydrogen-bond donors (Lipinski definition) is 7. The van der Waals surface area contributed by atoms with Gasteiger partial charge in [-0.3, -0.25) is 0 Å². The summed E-state index contributed by atoms with van der Waals surface area (Å²) in [5, 5.41) is 5.29. The molecular weight excluding hydrogens is 1020 g/mol. The van der Waals surface area contributed by atoms with Crippen molar-refractivity contribution in [1.29, 1.82) is 0 Å². The Morgan fingerprint density at radius 2 is 0.843 bits per heavy atom. The SMILES string of the molecule is C.C.COc1cc(C(C)C)c(Sc2cnc(N)nc2N)cc1S(=O)(=O)Cl.COc1cc(C(C)C)c(Sc2cnc(N)nc2N)cc1S(N)(=O)=O.COc1ccc(Sc2cnc(N)nc2N)c(C(C)C)c1. The lowest BCUT2D eigenvalue weighted by atomic mass is 10.0. The van der Waals surface area contributed by atoms with Crippen LogP contribution in [0.3, 0.4) is 0 Å². The summed E-state index contributed by atoms with van der Waals surface area (Å²) in [6, 6.07) is 12.3. The first-order valence-electron chi connectivity index (χ1n) is 20.0. The summed E-state index contributed by atoms with van der Waals surface area (Å²) in [5.74, 6) is 3.01. The Balaban J connectivity index is 0.000000357. The molecule has 0 saturated heterocycles. The fourth-order valence-corrected chi connectivity index (χ4v) is 11.0. The molecule has 0 saturated carbocycles. The predicted octanol–water partition coefficient (Wildman–Crippen LogP) is 8.62. The van der Waals surface area contributed by atoms with Crippen molar-refractivity contribution in [3.63, 3.8) is 0 Å². The Hall–Kier alpha value is -5.70. The summed E-state index contributed by atoms with van der Waals surface area (Å²) < 4.78 is 62.9. The molecule has 0 atom stereocenters. The topological polar surface area (TPSA) is 355 Å². The standard InChI is InChI=1S/C14H17ClN4O3S2.C14H19N5O3S2.C14H18N4OS.2CH4/c1-7(2)8-4-9(22-3)12(24(15,20)21)5-10(8)23-11-6-18-14(17)19-13(11)16;1-7(2)8-4-9(22-3)12(24(17,20)21)5-10(8)23-11-6-18-14(16)19-13(11)15;1-8(2)10-6-9(19-3)4-5-11(10)20-12-7-17-14(16)18-13(12)15;;/h4-7H,1-3H3,(H4,16,17,18,19);4-7H,1-3H3,(H2,17,20,21)(H4,15,16,18,19);4-8H,1-3H3,(H4,15,16,17,18);2*1H4. The van der Waals surface area contributed by atoms with E-state index in [2.05, 4.69) is 43.8 Å². The Labute approximate surface area is 427 Å². The minimum Gasteiger partial charge on any atom is -0.497 e. The molecule has 3 aromatic carbocycles. The van der Waals surface area contributed by atoms with Gasteiger partial charge in [0.15, 0.2) is 0 Å². The van der Waals surface area contributed by atoms with Gasteiger partial charge in [-0.2, -0.15) is 15.0 Å². The molecule has 14 N–H and O–H groups in total. The van der Waals surface area contributed by atoms with Crippen LogP contribution in [0.15, 0.2) is 100 Å². The minimum absolute atomic E-state index is 0. The maximum Gasteiger partial charge on any atom is 0.265 e. The molecule has 20 nitrogen and oxygen atoms in total. The zero-order valence-electron chi connectivity index (χ0n) is 38.5. The summed E-state index contributed by atoms with van der Waals surface area (Å²) in [5.41, 5.74) is 37.1. The fourth-order valence-electron chi connectivity index (χ4n) is 5.91. The number of rotatable bonds is 14. The molecule has 3 aromatic heterocycles. The second kappa shape index (κ2) is 26.0. The molecule has 0 radical (unpaired) electrons. The summed E-state index contributed by atoms with van der Waals surface area (Å²) >= 11 is 4.03. The lowest BCUT2D eigenvalue weighted by Gasteiger charge is -2.17. The van der Waals surface area contributed by atoms with Crippen molar-refractivity contribution in [1.82, 2.24) is 29.9 Å². The molecule has 0 amide bonds. The van der Waals surface area contributed by atoms with Gasteiger partial charge in [0.1, 0.15) is 44.5 Å². The van der Waals surface area contributed by atoms with E-state index in [1.165, 1.54) is 79.6 Å². The number of sulfonamides is 1. The number of halogens is 1. The number of nitrogens with two attached hydrogens (primary N) is 7. The maximum atomic E-state index is 11.8. The molecule has 0 unspecified atom stereocenters. The molecule has 0 aliphatic heterocycles. The van der Waals surface area contributed by atoms with Crippen LogP contribution in [0.5, 0.6) is 17.2 Å². The van der Waals surface area contributed by atoms with E-state index in [9.17, 15) is 16.8 Å². The molecule has 0 aliphatic rings. The van der Waals surface area contributed by atoms with E-state index in [0.717, 1.165) is 26.7 Å². The number of methoxy groups -OCH3 is 3. The van der Waals surface area contributed by atoms with Gasteiger partial charge in [-0.25, -0.2) is 36.9 Å². The lowest BCUT2D eigenvalue weighted by Crippen LogP contribution is -2.14. The van der Waals surface area contributed by atoms with E-state index in [1.54, 1.807) is 25.4 Å². The van der Waals surface area contributed by atoms with Gasteiger partial charge in [0, 0.05) is 44.0 Å². The van der Waals surface area contributed by atoms with E-state index in [-0.39, 0.29) is 77.5 Å². The summed E-state index contributed by atoms with van der Waals surface area (Å²) in [7, 11) is 2.06. The second-order valence-electron chi connectivity index (χ2n) is 15.2. The molecule has 0 fully saturated rings. The first-order valence-corrected chi connectivity index (χ1v) is 26.3. The van der Waals surface area contributed by atoms with Crippen LogP contribution in [0, 0.1) is 0 Å². The van der Waals surface area contributed by atoms with E-state index in [0.29, 0.717) is 31.3 Å². The van der Waals surface area contributed by atoms with Crippen molar-refractivity contribution in [3.8, 4) is 17.2 Å². The van der Waals surface area contributed by atoms with E-state index >= 15 is 0 Å². The molecular formula is C44H62ClN13O7S5. The molecule has 3 heterocycles. The zero-order chi connectivity index (χ0) is 50.8. The average molecular weight is 1080 g/mol. The molecule has 382 valence electrons. The third-order valence-corrected chi connectivity index (χ3v) is 14.9. The van der Waals surface area contributed by atoms with Crippen LogP contribution < -0.4 is 53.8 Å². The van der Waals surface area contributed by atoms with Gasteiger partial charge in [0.2, 0.25) is 27.9 Å². The third-order valence-electron chi connectivity index (χ3n) is 9.31. The zero-order valence-corrected chi connectivity index (χ0v) is 43.3. The van der Waals surface area contributed by atoms with E-state index in [1.807, 2.05) is 45.9 Å². The van der Waals surface area contributed by atoms with Gasteiger partial charge >= 0.3 is 0 Å². The summed E-state index contributed by atoms with van der Waals surface area (Å²) in [6.45, 7) is 12.2. The van der Waals surface area contributed by atoms with Crippen molar-refractivity contribution in [2.24, 2.45) is 5.14 Å². The quantitative estimate of drug-likeness (QED) is 0.0502. The van der Waals surface area contributed by atoms with Gasteiger partial charge in [-0.1, -0.05) is 91.7 Å². The van der Waals surface area contributed by atoms with E-state index in [4.69, 9.17) is 64.4 Å². The van der Waals surface area contributed by atoms with Crippen molar-refractivity contribution >= 4 is 100 Å². The summed E-state index contributed by atoms with van der Waals surface area (Å²) in [6.07, 6.45) is 4.63. The highest BCUT2D eigenvalue weighted by atomic mass is 35.7. The molecule has 6 aromatic rings. The fraction of sp³-hybridized carbons (Fsp3) is 0.318. The smallest absolute Gasteiger partial charge is 0.265 e. The largest absolute Gasteiger partial charge is 0.497 e. The Kier molecular flexibility index (Phi) is 22.4. The second-order valence-corrected chi connectivity index (χ2v) is 22.5. The Morgan fingerprint density at radius 3 is 1.16 bits per heavy atom. The number of hydrogen-bond acceptors (Lipinski definition) is 22. The van der Waals surface area contributed by atoms with Crippen LogP contribution in [0.4, 0.5) is 35.3 Å². The van der Waals surface area contributed by atoms with Crippen LogP contribution in [0.2, 0.25) is 0 Å². The van der Waals surface area contributed by atoms with Crippen LogP contribution >= 0.6 is 46.0 Å². The van der Waals surface area contributed by atoms with Gasteiger partial charge in [0.05, 0.1) is 36.0 Å². The van der Waals surface area contributed by atoms with E-state index < -0.39 is 19.1 Å². The van der Waals surface area contributed by atoms with Crippen molar-refractivity contribution < 1.29 is 31.0 Å². The van der Waals surface area contributed by atoms with Crippen molar-refractivity contribution in [3.05, 3.63) is 77.7 Å². The maximum absolute atomic E-state index is 11.8. The predicted molar refractivity (Wildman–Crippen MR) is 284 cm³/mol. The van der Waals surface area contributed by atoms with Crippen molar-refractivity contribution in [2.75, 3.05) is 55.7 Å². The number of ether oxygens (including phenoxy) is 3. The first-order chi connectivity index (χ1) is 31.8. The van der Waals surface area contributed by atoms with Crippen molar-refractivity contribution in [2.45, 2.75) is 113 Å². The minimum atomic E-state index is -3.97. The van der Waals surface area contributed by atoms with Crippen LogP contribution in [0.1, 0.15) is 90.8 Å². The lowest BCUT2D eigenvalue weighted by molar-refractivity contribution is 0.401. The van der Waals surface area contributed by atoms with Crippen LogP contribution in [-0.4, -0.2) is 68.1 Å². The molecule has 0 bridgehead atoms. The Morgan fingerprint density at radius 1 is 0.500 bits per heavy atom. The highest BCUT2D eigenvalue weighted by Crippen LogP contribution is 2.43. The average Bonchev–Trinajstić information content (AvgIpc) is 3.25. The first kappa shape index (κ1) is 60.4. The third kappa shape index (κ3) is 16.2. The number of primary sulfonamides is 1. The van der Waals surface area contributed by atoms with Crippen LogP contribution in [-0.2, 0) is 19.1 Å². The number of nitrogen functional groups attached to an aromatic ring is 6. The number of anilines is 6. The highest BCUT2D eigenvalue weighted by Gasteiger charge is 2.24. The monoisotopic (exact) mass is 1080 g/mol. The van der Waals surface area contributed by atoms with Gasteiger partial charge in [-0.15, -0.1) is 0 Å².